The van der Waals surface area contributed by atoms with Gasteiger partial charge in [-0.2, -0.15) is 11.8 Å². The number of aryl methyl sites for hydroxylation is 1. The average molecular weight is 332 g/mol. The van der Waals surface area contributed by atoms with E-state index in [1.54, 1.807) is 0 Å². The number of amides is 2. The van der Waals surface area contributed by atoms with Gasteiger partial charge < -0.3 is 15.2 Å². The molecule has 2 amide bonds. The monoisotopic (exact) mass is 332 g/mol. The summed E-state index contributed by atoms with van der Waals surface area (Å²) in [7, 11) is 0. The number of H-pyrrole nitrogens is 1. The van der Waals surface area contributed by atoms with Gasteiger partial charge in [-0.25, -0.2) is 9.78 Å². The molecule has 0 radical (unpaired) electrons. The molecule has 1 aromatic carbocycles. The maximum atomic E-state index is 12.3. The van der Waals surface area contributed by atoms with Crippen LogP contribution in [-0.4, -0.2) is 51.0 Å². The molecular formula is C17H24N4OS. The highest BCUT2D eigenvalue weighted by Crippen LogP contribution is 2.24. The number of nitrogens with one attached hydrogen (secondary N) is 2. The number of para-hydroxylation sites is 2. The minimum atomic E-state index is 0.0641. The molecule has 124 valence electrons. The highest BCUT2D eigenvalue weighted by atomic mass is 32.2. The molecule has 2 unspecified atom stereocenters. The van der Waals surface area contributed by atoms with Gasteiger partial charge in [0.15, 0.2) is 0 Å². The van der Waals surface area contributed by atoms with Gasteiger partial charge in [-0.3, -0.25) is 0 Å². The fraction of sp³-hybridized carbons (Fsp3) is 0.529. The molecular weight excluding hydrogens is 308 g/mol. The van der Waals surface area contributed by atoms with Crippen LogP contribution in [0, 0.1) is 0 Å². The van der Waals surface area contributed by atoms with Crippen LogP contribution in [0.1, 0.15) is 26.1 Å². The molecule has 3 rings (SSSR count). The maximum absolute atomic E-state index is 12.3. The van der Waals surface area contributed by atoms with Crippen molar-refractivity contribution < 1.29 is 4.79 Å². The second-order valence-electron chi connectivity index (χ2n) is 6.05. The Bertz CT molecular complexity index is 638. The molecule has 2 aromatic rings. The summed E-state index contributed by atoms with van der Waals surface area (Å²) >= 11 is 1.94. The molecule has 0 saturated carbocycles. The van der Waals surface area contributed by atoms with Gasteiger partial charge in [0, 0.05) is 36.6 Å². The third-order valence-electron chi connectivity index (χ3n) is 4.45. The first-order valence-corrected chi connectivity index (χ1v) is 9.29. The van der Waals surface area contributed by atoms with Crippen molar-refractivity contribution in [1.29, 1.82) is 0 Å². The number of benzene rings is 1. The van der Waals surface area contributed by atoms with Crippen LogP contribution in [0.4, 0.5) is 4.79 Å². The number of fused-ring (bicyclic) bond motifs is 1. The zero-order valence-corrected chi connectivity index (χ0v) is 14.5. The topological polar surface area (TPSA) is 61.0 Å². The van der Waals surface area contributed by atoms with Crippen molar-refractivity contribution in [2.45, 2.75) is 38.0 Å². The number of imidazole rings is 1. The third-order valence-corrected chi connectivity index (χ3v) is 5.79. The Hall–Kier alpha value is -1.69. The number of carbonyl (C=O) groups is 1. The van der Waals surface area contributed by atoms with Crippen molar-refractivity contribution in [1.82, 2.24) is 20.2 Å². The van der Waals surface area contributed by atoms with Gasteiger partial charge in [0.2, 0.25) is 0 Å². The molecule has 1 aliphatic heterocycles. The Morgan fingerprint density at radius 1 is 1.43 bits per heavy atom. The van der Waals surface area contributed by atoms with Crippen molar-refractivity contribution in [2.75, 3.05) is 18.8 Å². The number of aromatic amines is 1. The summed E-state index contributed by atoms with van der Waals surface area (Å²) in [5, 5.41) is 3.55. The lowest BCUT2D eigenvalue weighted by molar-refractivity contribution is 0.180. The fourth-order valence-electron chi connectivity index (χ4n) is 2.90. The Kier molecular flexibility index (Phi) is 5.10. The largest absolute Gasteiger partial charge is 0.342 e. The van der Waals surface area contributed by atoms with Crippen LogP contribution < -0.4 is 5.32 Å². The minimum absolute atomic E-state index is 0.0641. The smallest absolute Gasteiger partial charge is 0.317 e. The van der Waals surface area contributed by atoms with Crippen LogP contribution >= 0.6 is 11.8 Å². The molecule has 5 nitrogen and oxygen atoms in total. The maximum Gasteiger partial charge on any atom is 0.317 e. The van der Waals surface area contributed by atoms with E-state index < -0.39 is 0 Å². The van der Waals surface area contributed by atoms with Crippen LogP contribution in [0.2, 0.25) is 0 Å². The lowest BCUT2D eigenvalue weighted by Crippen LogP contribution is -2.52. The van der Waals surface area contributed by atoms with Gasteiger partial charge >= 0.3 is 6.03 Å². The summed E-state index contributed by atoms with van der Waals surface area (Å²) in [6, 6.07) is 8.40. The summed E-state index contributed by atoms with van der Waals surface area (Å²) in [5.74, 6) is 2.01. The van der Waals surface area contributed by atoms with E-state index in [0.717, 1.165) is 42.0 Å². The van der Waals surface area contributed by atoms with Gasteiger partial charge in [0.05, 0.1) is 11.0 Å². The highest BCUT2D eigenvalue weighted by molar-refractivity contribution is 8.00. The number of hydrogen-bond acceptors (Lipinski definition) is 3. The van der Waals surface area contributed by atoms with E-state index in [0.29, 0.717) is 17.8 Å². The van der Waals surface area contributed by atoms with E-state index in [1.807, 2.05) is 40.9 Å². The number of hydrogen-bond donors (Lipinski definition) is 2. The van der Waals surface area contributed by atoms with Gasteiger partial charge in [-0.1, -0.05) is 19.1 Å². The first-order valence-electron chi connectivity index (χ1n) is 8.25. The molecule has 2 atom stereocenters. The van der Waals surface area contributed by atoms with Gasteiger partial charge in [-0.05, 0) is 25.5 Å². The van der Waals surface area contributed by atoms with Crippen molar-refractivity contribution >= 4 is 28.8 Å². The molecule has 1 aliphatic rings. The first kappa shape index (κ1) is 16.2. The summed E-state index contributed by atoms with van der Waals surface area (Å²) in [6.45, 7) is 5.84. The normalized spacial score (nSPS) is 21.6. The summed E-state index contributed by atoms with van der Waals surface area (Å²) in [4.78, 5) is 22.1. The van der Waals surface area contributed by atoms with Gasteiger partial charge in [0.1, 0.15) is 5.82 Å². The summed E-state index contributed by atoms with van der Waals surface area (Å²) < 4.78 is 0. The van der Waals surface area contributed by atoms with Crippen molar-refractivity contribution in [2.24, 2.45) is 0 Å². The molecule has 1 aromatic heterocycles. The van der Waals surface area contributed by atoms with E-state index >= 15 is 0 Å². The molecule has 6 heteroatoms. The molecule has 0 aliphatic carbocycles. The van der Waals surface area contributed by atoms with E-state index in [4.69, 9.17) is 0 Å². The second-order valence-corrected chi connectivity index (χ2v) is 7.53. The number of thioether (sulfide) groups is 1. The SMILES string of the molecule is CC1SCCN(C(=O)NCCCc2nc3ccccc3[nH]2)C1C. The average Bonchev–Trinajstić information content (AvgIpc) is 2.96. The van der Waals surface area contributed by atoms with Crippen LogP contribution in [-0.2, 0) is 6.42 Å². The fourth-order valence-corrected chi connectivity index (χ4v) is 4.00. The molecule has 2 N–H and O–H groups in total. The first-order chi connectivity index (χ1) is 11.1. The molecule has 0 spiro atoms. The number of aromatic nitrogens is 2. The second kappa shape index (κ2) is 7.25. The van der Waals surface area contributed by atoms with Crippen molar-refractivity contribution in [3.63, 3.8) is 0 Å². The summed E-state index contributed by atoms with van der Waals surface area (Å²) in [6.07, 6.45) is 1.73. The van der Waals surface area contributed by atoms with Crippen molar-refractivity contribution in [3.05, 3.63) is 30.1 Å². The molecule has 1 saturated heterocycles. The number of rotatable bonds is 4. The van der Waals surface area contributed by atoms with E-state index in [9.17, 15) is 4.79 Å². The molecule has 23 heavy (non-hydrogen) atoms. The van der Waals surface area contributed by atoms with E-state index in [2.05, 4.69) is 29.1 Å². The summed E-state index contributed by atoms with van der Waals surface area (Å²) in [5.41, 5.74) is 2.07. The highest BCUT2D eigenvalue weighted by Gasteiger charge is 2.28. The number of urea groups is 1. The Labute approximate surface area is 141 Å². The predicted octanol–water partition coefficient (Wildman–Crippen LogP) is 3.03. The molecule has 1 fully saturated rings. The van der Waals surface area contributed by atoms with E-state index in [-0.39, 0.29) is 6.03 Å². The lowest BCUT2D eigenvalue weighted by Gasteiger charge is -2.37. The quantitative estimate of drug-likeness (QED) is 0.846. The van der Waals surface area contributed by atoms with Crippen LogP contribution in [0.25, 0.3) is 11.0 Å². The Morgan fingerprint density at radius 3 is 3.09 bits per heavy atom. The number of nitrogens with zero attached hydrogens (tertiary/aromatic N) is 2. The number of carbonyl (C=O) groups excluding carboxylic acids is 1. The van der Waals surface area contributed by atoms with Crippen LogP contribution in [0.3, 0.4) is 0 Å². The Balaban J connectivity index is 1.45. The molecule has 0 bridgehead atoms. The van der Waals surface area contributed by atoms with Crippen LogP contribution in [0.15, 0.2) is 24.3 Å². The zero-order chi connectivity index (χ0) is 16.2. The van der Waals surface area contributed by atoms with Crippen molar-refractivity contribution in [3.8, 4) is 0 Å². The lowest BCUT2D eigenvalue weighted by atomic mass is 10.2. The Morgan fingerprint density at radius 2 is 2.26 bits per heavy atom. The standard InChI is InChI=1S/C17H24N4OS/c1-12-13(2)23-11-10-21(12)17(22)18-9-5-8-16-19-14-6-3-4-7-15(14)20-16/h3-4,6-7,12-13H,5,8-11H2,1-2H3,(H,18,22)(H,19,20). The van der Waals surface area contributed by atoms with Crippen LogP contribution in [0.5, 0.6) is 0 Å². The predicted molar refractivity (Wildman–Crippen MR) is 95.9 cm³/mol. The van der Waals surface area contributed by atoms with Gasteiger partial charge in [0.25, 0.3) is 0 Å². The third kappa shape index (κ3) is 3.80. The van der Waals surface area contributed by atoms with E-state index in [1.165, 1.54) is 0 Å². The zero-order valence-electron chi connectivity index (χ0n) is 13.7. The minimum Gasteiger partial charge on any atom is -0.342 e. The molecule has 2 heterocycles. The van der Waals surface area contributed by atoms with Gasteiger partial charge in [-0.15, -0.1) is 0 Å².